The van der Waals surface area contributed by atoms with Gasteiger partial charge in [0, 0.05) is 17.3 Å². The van der Waals surface area contributed by atoms with Crippen LogP contribution in [0.5, 0.6) is 0 Å². The molecule has 0 bridgehead atoms. The van der Waals surface area contributed by atoms with Crippen LogP contribution in [0.4, 0.5) is 0 Å². The van der Waals surface area contributed by atoms with Crippen molar-refractivity contribution in [1.29, 1.82) is 0 Å². The fourth-order valence-corrected chi connectivity index (χ4v) is 2.17. The predicted octanol–water partition coefficient (Wildman–Crippen LogP) is 5.78. The van der Waals surface area contributed by atoms with Crippen molar-refractivity contribution in [3.05, 3.63) is 24.4 Å². The van der Waals surface area contributed by atoms with Gasteiger partial charge in [0.15, 0.2) is 0 Å². The van der Waals surface area contributed by atoms with E-state index in [0.717, 1.165) is 18.5 Å². The van der Waals surface area contributed by atoms with E-state index >= 15 is 0 Å². The maximum atomic E-state index is 4.48. The Kier molecular flexibility index (Phi) is 7.20. The van der Waals surface area contributed by atoms with Gasteiger partial charge in [-0.1, -0.05) is 67.0 Å². The average molecular weight is 249 g/mol. The molecule has 0 spiro atoms. The minimum absolute atomic E-state index is 0.0668. The molecule has 0 saturated carbocycles. The Morgan fingerprint density at radius 2 is 1.67 bits per heavy atom. The second kappa shape index (κ2) is 7.56. The zero-order valence-electron chi connectivity index (χ0n) is 13.2. The molecule has 1 heteroatoms. The van der Waals surface area contributed by atoms with Crippen molar-refractivity contribution in [1.82, 2.24) is 0 Å². The summed E-state index contributed by atoms with van der Waals surface area (Å²) in [6, 6.07) is 0. The number of hydrogen-bond acceptors (Lipinski definition) is 1. The quantitative estimate of drug-likeness (QED) is 0.483. The molecule has 0 fully saturated rings. The van der Waals surface area contributed by atoms with E-state index in [9.17, 15) is 0 Å². The number of hydrogen-bond donors (Lipinski definition) is 0. The largest absolute Gasteiger partial charge is 0.261 e. The molecule has 0 radical (unpaired) electrons. The molecular formula is C17H31N. The molecule has 0 saturated heterocycles. The summed E-state index contributed by atoms with van der Waals surface area (Å²) in [6.07, 6.45) is 10.6. The molecule has 0 aromatic heterocycles. The average Bonchev–Trinajstić information content (AvgIpc) is 2.33. The summed E-state index contributed by atoms with van der Waals surface area (Å²) < 4.78 is 0. The zero-order valence-corrected chi connectivity index (χ0v) is 13.2. The van der Waals surface area contributed by atoms with Gasteiger partial charge < -0.3 is 0 Å². The van der Waals surface area contributed by atoms with Gasteiger partial charge >= 0.3 is 0 Å². The normalized spacial score (nSPS) is 13.7. The van der Waals surface area contributed by atoms with Crippen LogP contribution in [0.1, 0.15) is 67.2 Å². The Bertz CT molecular complexity index is 304. The highest BCUT2D eigenvalue weighted by Gasteiger charge is 2.31. The molecule has 0 aliphatic rings. The van der Waals surface area contributed by atoms with E-state index < -0.39 is 0 Å². The molecular weight excluding hydrogens is 218 g/mol. The minimum Gasteiger partial charge on any atom is -0.261 e. The van der Waals surface area contributed by atoms with Crippen LogP contribution in [0.2, 0.25) is 0 Å². The number of nitrogens with zero attached hydrogens (tertiary/aromatic N) is 1. The van der Waals surface area contributed by atoms with Crippen LogP contribution >= 0.6 is 0 Å². The maximum Gasteiger partial charge on any atom is 0.0388 e. The molecule has 0 aliphatic carbocycles. The van der Waals surface area contributed by atoms with Crippen LogP contribution in [0, 0.1) is 10.8 Å². The van der Waals surface area contributed by atoms with Crippen LogP contribution in [0.3, 0.4) is 0 Å². The first-order chi connectivity index (χ1) is 8.31. The topological polar surface area (TPSA) is 12.4 Å². The van der Waals surface area contributed by atoms with Gasteiger partial charge in [-0.05, 0) is 24.3 Å². The van der Waals surface area contributed by atoms with E-state index in [-0.39, 0.29) is 5.41 Å². The van der Waals surface area contributed by atoms with Gasteiger partial charge in [0.05, 0.1) is 0 Å². The summed E-state index contributed by atoms with van der Waals surface area (Å²) in [7, 11) is 0. The Morgan fingerprint density at radius 1 is 1.11 bits per heavy atom. The first kappa shape index (κ1) is 17.2. The molecule has 0 rings (SSSR count). The van der Waals surface area contributed by atoms with Crippen molar-refractivity contribution in [3.8, 4) is 0 Å². The summed E-state index contributed by atoms with van der Waals surface area (Å²) >= 11 is 0. The zero-order chi connectivity index (χ0) is 14.2. The van der Waals surface area contributed by atoms with Gasteiger partial charge in [-0.2, -0.15) is 0 Å². The third-order valence-electron chi connectivity index (χ3n) is 4.05. The smallest absolute Gasteiger partial charge is 0.0388 e. The molecule has 0 N–H and O–H groups in total. The summed E-state index contributed by atoms with van der Waals surface area (Å²) in [5.74, 6) is 0. The van der Waals surface area contributed by atoms with Crippen LogP contribution in [-0.4, -0.2) is 6.21 Å². The first-order valence-electron chi connectivity index (χ1n) is 7.20. The Hall–Kier alpha value is -0.850. The van der Waals surface area contributed by atoms with E-state index in [4.69, 9.17) is 0 Å². The molecule has 0 heterocycles. The highest BCUT2D eigenvalue weighted by molar-refractivity contribution is 5.72. The molecule has 0 aromatic rings. The molecule has 0 amide bonds. The Balaban J connectivity index is 4.67. The second-order valence-electron chi connectivity index (χ2n) is 6.14. The predicted molar refractivity (Wildman–Crippen MR) is 84.2 cm³/mol. The second-order valence-corrected chi connectivity index (χ2v) is 6.14. The lowest BCUT2D eigenvalue weighted by molar-refractivity contribution is 0.189. The Labute approximate surface area is 114 Å². The molecule has 0 atom stereocenters. The summed E-state index contributed by atoms with van der Waals surface area (Å²) in [6.45, 7) is 17.7. The number of rotatable bonds is 8. The lowest BCUT2D eigenvalue weighted by atomic mass is 9.70. The number of allylic oxidation sites excluding steroid dienone is 3. The van der Waals surface area contributed by atoms with Crippen LogP contribution in [-0.2, 0) is 0 Å². The summed E-state index contributed by atoms with van der Waals surface area (Å²) in [4.78, 5) is 4.48. The van der Waals surface area contributed by atoms with Gasteiger partial charge in [-0.3, -0.25) is 4.99 Å². The summed E-state index contributed by atoms with van der Waals surface area (Å²) in [5.41, 5.74) is 1.44. The lowest BCUT2D eigenvalue weighted by Crippen LogP contribution is -2.25. The first-order valence-corrected chi connectivity index (χ1v) is 7.20. The third kappa shape index (κ3) is 5.66. The van der Waals surface area contributed by atoms with Crippen molar-refractivity contribution in [2.45, 2.75) is 67.2 Å². The van der Waals surface area contributed by atoms with Gasteiger partial charge in [0.2, 0.25) is 0 Å². The van der Waals surface area contributed by atoms with Crippen LogP contribution in [0.25, 0.3) is 0 Å². The molecule has 1 nitrogen and oxygen atoms in total. The van der Waals surface area contributed by atoms with Gasteiger partial charge in [-0.15, -0.1) is 0 Å². The van der Waals surface area contributed by atoms with Crippen molar-refractivity contribution in [2.24, 2.45) is 15.8 Å². The summed E-state index contributed by atoms with van der Waals surface area (Å²) in [5, 5.41) is 0. The van der Waals surface area contributed by atoms with Gasteiger partial charge in [-0.25, -0.2) is 0 Å². The highest BCUT2D eigenvalue weighted by atomic mass is 14.8. The molecule has 18 heavy (non-hydrogen) atoms. The van der Waals surface area contributed by atoms with Crippen molar-refractivity contribution in [3.63, 3.8) is 0 Å². The third-order valence-corrected chi connectivity index (χ3v) is 4.05. The molecule has 104 valence electrons. The van der Waals surface area contributed by atoms with E-state index in [1.165, 1.54) is 12.8 Å². The maximum absolute atomic E-state index is 4.48. The Morgan fingerprint density at radius 3 is 2.11 bits per heavy atom. The van der Waals surface area contributed by atoms with Gasteiger partial charge in [0.1, 0.15) is 0 Å². The van der Waals surface area contributed by atoms with E-state index in [1.807, 2.05) is 12.3 Å². The highest BCUT2D eigenvalue weighted by Crippen LogP contribution is 2.42. The van der Waals surface area contributed by atoms with Crippen molar-refractivity contribution in [2.75, 3.05) is 0 Å². The van der Waals surface area contributed by atoms with E-state index in [2.05, 4.69) is 59.2 Å². The van der Waals surface area contributed by atoms with Crippen LogP contribution in [0.15, 0.2) is 29.4 Å². The lowest BCUT2D eigenvalue weighted by Gasteiger charge is -2.36. The molecule has 0 aliphatic heterocycles. The fourth-order valence-electron chi connectivity index (χ4n) is 2.17. The van der Waals surface area contributed by atoms with Crippen molar-refractivity contribution < 1.29 is 0 Å². The van der Waals surface area contributed by atoms with Crippen LogP contribution < -0.4 is 0 Å². The van der Waals surface area contributed by atoms with Crippen molar-refractivity contribution >= 4 is 6.21 Å². The van der Waals surface area contributed by atoms with Gasteiger partial charge in [0.25, 0.3) is 0 Å². The van der Waals surface area contributed by atoms with E-state index in [1.54, 1.807) is 0 Å². The SMILES string of the molecule is C=C(N=C/C=C\CC)C(C)(C)CC(C)(CC)CC. The molecule has 0 unspecified atom stereocenters. The minimum atomic E-state index is 0.0668. The standard InChI is InChI=1S/C17H31N/c1-8-11-12-13-18-15(4)16(5,6)14-17(7,9-2)10-3/h11-13H,4,8-10,14H2,1-3,5-7H3/b12-11-,18-13?. The fraction of sp³-hybridized carbons (Fsp3) is 0.706. The number of aliphatic imine (C=N–C) groups is 1. The van der Waals surface area contributed by atoms with E-state index in [0.29, 0.717) is 5.41 Å². The monoisotopic (exact) mass is 249 g/mol. The molecule has 0 aromatic carbocycles.